The maximum absolute atomic E-state index is 5.96. The van der Waals surface area contributed by atoms with E-state index in [9.17, 15) is 0 Å². The molecular weight excluding hydrogens is 170 g/mol. The highest BCUT2D eigenvalue weighted by Crippen LogP contribution is 2.16. The van der Waals surface area contributed by atoms with Gasteiger partial charge in [-0.05, 0) is 30.7 Å². The average Bonchev–Trinajstić information content (AvgIpc) is 2.07. The highest BCUT2D eigenvalue weighted by atomic mass is 35.5. The molecule has 0 spiro atoms. The van der Waals surface area contributed by atoms with E-state index in [0.29, 0.717) is 0 Å². The van der Waals surface area contributed by atoms with Crippen LogP contribution in [0.2, 0.25) is 5.02 Å². The summed E-state index contributed by atoms with van der Waals surface area (Å²) >= 11 is 5.96. The summed E-state index contributed by atoms with van der Waals surface area (Å²) in [6.45, 7) is 6.00. The van der Waals surface area contributed by atoms with Crippen LogP contribution < -0.4 is 5.32 Å². The van der Waals surface area contributed by atoms with Crippen LogP contribution in [0.4, 0.5) is 0 Å². The van der Waals surface area contributed by atoms with Gasteiger partial charge >= 0.3 is 0 Å². The van der Waals surface area contributed by atoms with E-state index in [2.05, 4.69) is 24.4 Å². The van der Waals surface area contributed by atoms with Gasteiger partial charge in [-0.25, -0.2) is 0 Å². The number of nitrogens with one attached hydrogen (secondary N) is 1. The number of aryl methyl sites for hydroxylation is 1. The molecular formula is C10H14ClN. The molecule has 1 nitrogen and oxygen atoms in total. The SMILES string of the molecule is CCNCc1ccc(C)c(Cl)c1. The minimum Gasteiger partial charge on any atom is -0.313 e. The Balaban J connectivity index is 2.69. The highest BCUT2D eigenvalue weighted by Gasteiger charge is 1.96. The number of hydrogen-bond acceptors (Lipinski definition) is 1. The van der Waals surface area contributed by atoms with Crippen LogP contribution in [0.25, 0.3) is 0 Å². The topological polar surface area (TPSA) is 12.0 Å². The fraction of sp³-hybridized carbons (Fsp3) is 0.400. The van der Waals surface area contributed by atoms with E-state index >= 15 is 0 Å². The fourth-order valence-corrected chi connectivity index (χ4v) is 1.22. The van der Waals surface area contributed by atoms with Crippen molar-refractivity contribution in [3.8, 4) is 0 Å². The third-order valence-electron chi connectivity index (χ3n) is 1.82. The molecule has 0 aliphatic heterocycles. The number of halogens is 1. The van der Waals surface area contributed by atoms with Gasteiger partial charge in [-0.15, -0.1) is 0 Å². The Hall–Kier alpha value is -0.530. The van der Waals surface area contributed by atoms with Gasteiger partial charge in [0, 0.05) is 11.6 Å². The van der Waals surface area contributed by atoms with Crippen molar-refractivity contribution < 1.29 is 0 Å². The van der Waals surface area contributed by atoms with Crippen LogP contribution in [-0.4, -0.2) is 6.54 Å². The zero-order valence-corrected chi connectivity index (χ0v) is 8.28. The molecule has 1 rings (SSSR count). The summed E-state index contributed by atoms with van der Waals surface area (Å²) in [5.41, 5.74) is 2.38. The van der Waals surface area contributed by atoms with E-state index in [1.54, 1.807) is 0 Å². The van der Waals surface area contributed by atoms with E-state index in [-0.39, 0.29) is 0 Å². The summed E-state index contributed by atoms with van der Waals surface area (Å²) < 4.78 is 0. The summed E-state index contributed by atoms with van der Waals surface area (Å²) in [6.07, 6.45) is 0. The monoisotopic (exact) mass is 183 g/mol. The zero-order chi connectivity index (χ0) is 8.97. The van der Waals surface area contributed by atoms with E-state index < -0.39 is 0 Å². The van der Waals surface area contributed by atoms with Crippen molar-refractivity contribution in [2.24, 2.45) is 0 Å². The van der Waals surface area contributed by atoms with Gasteiger partial charge in [-0.1, -0.05) is 30.7 Å². The molecule has 12 heavy (non-hydrogen) atoms. The number of hydrogen-bond donors (Lipinski definition) is 1. The zero-order valence-electron chi connectivity index (χ0n) is 7.52. The second-order valence-electron chi connectivity index (χ2n) is 2.86. The minimum atomic E-state index is 0.852. The highest BCUT2D eigenvalue weighted by molar-refractivity contribution is 6.31. The van der Waals surface area contributed by atoms with Gasteiger partial charge in [-0.2, -0.15) is 0 Å². The summed E-state index contributed by atoms with van der Waals surface area (Å²) in [7, 11) is 0. The van der Waals surface area contributed by atoms with Crippen LogP contribution in [0.5, 0.6) is 0 Å². The standard InChI is InChI=1S/C10H14ClN/c1-3-12-7-9-5-4-8(2)10(11)6-9/h4-6,12H,3,7H2,1-2H3. The van der Waals surface area contributed by atoms with Crippen molar-refractivity contribution in [2.45, 2.75) is 20.4 Å². The van der Waals surface area contributed by atoms with Crippen molar-refractivity contribution >= 4 is 11.6 Å². The molecule has 1 aromatic carbocycles. The lowest BCUT2D eigenvalue weighted by Gasteiger charge is -2.03. The van der Waals surface area contributed by atoms with Crippen LogP contribution in [-0.2, 0) is 6.54 Å². The maximum Gasteiger partial charge on any atom is 0.0438 e. The summed E-state index contributed by atoms with van der Waals surface area (Å²) in [5.74, 6) is 0. The van der Waals surface area contributed by atoms with Gasteiger partial charge in [0.25, 0.3) is 0 Å². The first-order valence-corrected chi connectivity index (χ1v) is 4.57. The molecule has 0 radical (unpaired) electrons. The maximum atomic E-state index is 5.96. The molecule has 1 aromatic rings. The molecule has 0 heterocycles. The Bertz CT molecular complexity index is 258. The van der Waals surface area contributed by atoms with Crippen molar-refractivity contribution in [1.82, 2.24) is 5.32 Å². The molecule has 0 aromatic heterocycles. The molecule has 0 saturated heterocycles. The Kier molecular flexibility index (Phi) is 3.57. The first-order valence-electron chi connectivity index (χ1n) is 4.19. The lowest BCUT2D eigenvalue weighted by Crippen LogP contribution is -2.11. The normalized spacial score (nSPS) is 10.2. The van der Waals surface area contributed by atoms with Crippen LogP contribution >= 0.6 is 11.6 Å². The van der Waals surface area contributed by atoms with Gasteiger partial charge in [0.15, 0.2) is 0 Å². The quantitative estimate of drug-likeness (QED) is 0.760. The van der Waals surface area contributed by atoms with Gasteiger partial charge in [0.05, 0.1) is 0 Å². The number of benzene rings is 1. The first-order chi connectivity index (χ1) is 5.74. The van der Waals surface area contributed by atoms with Crippen LogP contribution in [0.3, 0.4) is 0 Å². The van der Waals surface area contributed by atoms with Gasteiger partial charge in [0.2, 0.25) is 0 Å². The summed E-state index contributed by atoms with van der Waals surface area (Å²) in [4.78, 5) is 0. The van der Waals surface area contributed by atoms with E-state index in [1.165, 1.54) is 5.56 Å². The van der Waals surface area contributed by atoms with E-state index in [4.69, 9.17) is 11.6 Å². The van der Waals surface area contributed by atoms with Gasteiger partial charge in [-0.3, -0.25) is 0 Å². The third kappa shape index (κ3) is 2.50. The average molecular weight is 184 g/mol. The third-order valence-corrected chi connectivity index (χ3v) is 2.22. The predicted octanol–water partition coefficient (Wildman–Crippen LogP) is 2.76. The molecule has 0 saturated carbocycles. The Morgan fingerprint density at radius 2 is 2.17 bits per heavy atom. The largest absolute Gasteiger partial charge is 0.313 e. The van der Waals surface area contributed by atoms with Crippen molar-refractivity contribution in [1.29, 1.82) is 0 Å². The van der Waals surface area contributed by atoms with Gasteiger partial charge in [0.1, 0.15) is 0 Å². The van der Waals surface area contributed by atoms with Crippen molar-refractivity contribution in [3.05, 3.63) is 34.3 Å². The second-order valence-corrected chi connectivity index (χ2v) is 3.27. The molecule has 0 aliphatic rings. The Morgan fingerprint density at radius 3 is 2.75 bits per heavy atom. The fourth-order valence-electron chi connectivity index (χ4n) is 1.02. The molecule has 0 atom stereocenters. The molecule has 0 aliphatic carbocycles. The minimum absolute atomic E-state index is 0.852. The van der Waals surface area contributed by atoms with Crippen LogP contribution in [0, 0.1) is 6.92 Å². The predicted molar refractivity (Wildman–Crippen MR) is 53.6 cm³/mol. The number of rotatable bonds is 3. The molecule has 2 heteroatoms. The summed E-state index contributed by atoms with van der Waals surface area (Å²) in [6, 6.07) is 6.17. The molecule has 0 amide bonds. The van der Waals surface area contributed by atoms with E-state index in [0.717, 1.165) is 23.7 Å². The smallest absolute Gasteiger partial charge is 0.0438 e. The van der Waals surface area contributed by atoms with Crippen LogP contribution in [0.15, 0.2) is 18.2 Å². The van der Waals surface area contributed by atoms with E-state index in [1.807, 2.05) is 13.0 Å². The van der Waals surface area contributed by atoms with Crippen molar-refractivity contribution in [2.75, 3.05) is 6.54 Å². The second kappa shape index (κ2) is 4.48. The lowest BCUT2D eigenvalue weighted by molar-refractivity contribution is 0.727. The summed E-state index contributed by atoms with van der Waals surface area (Å²) in [5, 5.41) is 4.10. The first kappa shape index (κ1) is 9.56. The molecule has 0 bridgehead atoms. The van der Waals surface area contributed by atoms with Crippen LogP contribution in [0.1, 0.15) is 18.1 Å². The van der Waals surface area contributed by atoms with Gasteiger partial charge < -0.3 is 5.32 Å². The molecule has 66 valence electrons. The molecule has 0 fully saturated rings. The molecule has 1 N–H and O–H groups in total. The van der Waals surface area contributed by atoms with Crippen molar-refractivity contribution in [3.63, 3.8) is 0 Å². The molecule has 0 unspecified atom stereocenters. The Labute approximate surface area is 78.7 Å². The Morgan fingerprint density at radius 1 is 1.42 bits per heavy atom. The lowest BCUT2D eigenvalue weighted by atomic mass is 10.1.